The second-order valence-electron chi connectivity index (χ2n) is 5.97. The van der Waals surface area contributed by atoms with Crippen LogP contribution >= 0.6 is 0 Å². The summed E-state index contributed by atoms with van der Waals surface area (Å²) in [6.07, 6.45) is 0.440. The molecular formula is C15H20O4. The maximum Gasteiger partial charge on any atom is 0.340 e. The topological polar surface area (TPSA) is 55.8 Å². The molecule has 1 atom stereocenters. The molecule has 1 N–H and O–H groups in total. The van der Waals surface area contributed by atoms with Crippen LogP contribution in [0.4, 0.5) is 0 Å². The molecule has 0 amide bonds. The van der Waals surface area contributed by atoms with Crippen LogP contribution in [-0.4, -0.2) is 24.8 Å². The summed E-state index contributed by atoms with van der Waals surface area (Å²) in [5.74, 6) is -0.396. The molecule has 1 aliphatic rings. The fourth-order valence-corrected chi connectivity index (χ4v) is 2.66. The fourth-order valence-electron chi connectivity index (χ4n) is 2.66. The van der Waals surface area contributed by atoms with Crippen molar-refractivity contribution in [3.05, 3.63) is 29.3 Å². The Labute approximate surface area is 113 Å². The van der Waals surface area contributed by atoms with Gasteiger partial charge in [-0.3, -0.25) is 0 Å². The number of hydrogen-bond donors (Lipinski definition) is 1. The Morgan fingerprint density at radius 1 is 1.42 bits per heavy atom. The van der Waals surface area contributed by atoms with Crippen LogP contribution in [0.1, 0.15) is 31.4 Å². The summed E-state index contributed by atoms with van der Waals surface area (Å²) < 4.78 is 11.0. The van der Waals surface area contributed by atoms with Gasteiger partial charge in [0, 0.05) is 5.56 Å². The molecule has 1 saturated heterocycles. The molecule has 1 fully saturated rings. The van der Waals surface area contributed by atoms with Crippen molar-refractivity contribution in [2.75, 3.05) is 13.7 Å². The van der Waals surface area contributed by atoms with Gasteiger partial charge in [0.2, 0.25) is 0 Å². The van der Waals surface area contributed by atoms with Gasteiger partial charge in [0.1, 0.15) is 5.75 Å². The normalized spacial score (nSPS) is 25.3. The molecule has 0 bridgehead atoms. The third-order valence-electron chi connectivity index (χ3n) is 3.57. The molecule has 104 valence electrons. The third kappa shape index (κ3) is 2.32. The van der Waals surface area contributed by atoms with Crippen LogP contribution in [0.3, 0.4) is 0 Å². The van der Waals surface area contributed by atoms with Crippen molar-refractivity contribution in [1.29, 1.82) is 0 Å². The second-order valence-corrected chi connectivity index (χ2v) is 5.97. The van der Waals surface area contributed by atoms with Gasteiger partial charge >= 0.3 is 5.97 Å². The molecule has 19 heavy (non-hydrogen) atoms. The lowest BCUT2D eigenvalue weighted by molar-refractivity contribution is -0.161. The van der Waals surface area contributed by atoms with Gasteiger partial charge in [-0.25, -0.2) is 4.79 Å². The van der Waals surface area contributed by atoms with Crippen LogP contribution in [0.5, 0.6) is 5.75 Å². The summed E-state index contributed by atoms with van der Waals surface area (Å²) in [5.41, 5.74) is 0.131. The van der Waals surface area contributed by atoms with Gasteiger partial charge in [-0.05, 0) is 30.9 Å². The molecule has 0 spiro atoms. The largest absolute Gasteiger partial charge is 0.496 e. The Morgan fingerprint density at radius 3 is 2.58 bits per heavy atom. The maximum atomic E-state index is 11.8. The first kappa shape index (κ1) is 13.9. The minimum atomic E-state index is -1.30. The zero-order valence-corrected chi connectivity index (χ0v) is 11.8. The minimum absolute atomic E-state index is 0.160. The van der Waals surface area contributed by atoms with E-state index in [-0.39, 0.29) is 5.41 Å². The molecule has 1 heterocycles. The lowest BCUT2D eigenvalue weighted by Crippen LogP contribution is -2.36. The van der Waals surface area contributed by atoms with Gasteiger partial charge in [-0.2, -0.15) is 0 Å². The molecule has 0 unspecified atom stereocenters. The van der Waals surface area contributed by atoms with E-state index < -0.39 is 11.6 Å². The Balaban J connectivity index is 2.58. The summed E-state index contributed by atoms with van der Waals surface area (Å²) in [5, 5.41) is 9.68. The van der Waals surface area contributed by atoms with Gasteiger partial charge in [-0.15, -0.1) is 0 Å². The van der Waals surface area contributed by atoms with Gasteiger partial charge in [0.25, 0.3) is 0 Å². The Kier molecular flexibility index (Phi) is 3.31. The molecule has 1 aromatic carbocycles. The predicted molar refractivity (Wildman–Crippen MR) is 71.4 cm³/mol. The van der Waals surface area contributed by atoms with E-state index in [9.17, 15) is 9.90 Å². The van der Waals surface area contributed by atoms with Crippen LogP contribution in [0.25, 0.3) is 0 Å². The first-order chi connectivity index (χ1) is 8.81. The monoisotopic (exact) mass is 264 g/mol. The van der Waals surface area contributed by atoms with E-state index in [4.69, 9.17) is 9.47 Å². The average molecular weight is 264 g/mol. The third-order valence-corrected chi connectivity index (χ3v) is 3.57. The highest BCUT2D eigenvalue weighted by molar-refractivity contribution is 5.81. The highest BCUT2D eigenvalue weighted by Crippen LogP contribution is 2.48. The van der Waals surface area contributed by atoms with Crippen LogP contribution in [0, 0.1) is 12.3 Å². The Morgan fingerprint density at radius 2 is 2.11 bits per heavy atom. The number of carboxylic acids is 1. The molecular weight excluding hydrogens is 244 g/mol. The molecule has 0 saturated carbocycles. The molecule has 1 aromatic rings. The summed E-state index contributed by atoms with van der Waals surface area (Å²) >= 11 is 0. The highest BCUT2D eigenvalue weighted by Gasteiger charge is 2.53. The Bertz CT molecular complexity index is 507. The first-order valence-electron chi connectivity index (χ1n) is 6.33. The number of rotatable bonds is 3. The second kappa shape index (κ2) is 4.53. The van der Waals surface area contributed by atoms with Gasteiger partial charge < -0.3 is 14.6 Å². The molecule has 0 aromatic heterocycles. The van der Waals surface area contributed by atoms with Gasteiger partial charge in [0.15, 0.2) is 5.60 Å². The van der Waals surface area contributed by atoms with Crippen molar-refractivity contribution in [1.82, 2.24) is 0 Å². The van der Waals surface area contributed by atoms with Crippen molar-refractivity contribution < 1.29 is 19.4 Å². The van der Waals surface area contributed by atoms with E-state index >= 15 is 0 Å². The standard InChI is InChI=1S/C15H20O4/c1-10-5-6-12(18-4)11(7-10)15(13(16)17)8-14(2,3)9-19-15/h5-7H,8-9H2,1-4H3,(H,16,17)/t15-/m0/s1. The molecule has 4 heteroatoms. The van der Waals surface area contributed by atoms with Crippen molar-refractivity contribution >= 4 is 5.97 Å². The van der Waals surface area contributed by atoms with E-state index in [0.717, 1.165) is 5.56 Å². The van der Waals surface area contributed by atoms with E-state index in [0.29, 0.717) is 24.3 Å². The van der Waals surface area contributed by atoms with Crippen molar-refractivity contribution in [2.45, 2.75) is 32.8 Å². The Hall–Kier alpha value is -1.55. The molecule has 1 aliphatic heterocycles. The minimum Gasteiger partial charge on any atom is -0.496 e. The number of methoxy groups -OCH3 is 1. The van der Waals surface area contributed by atoms with E-state index in [1.54, 1.807) is 13.2 Å². The van der Waals surface area contributed by atoms with Gasteiger partial charge in [0.05, 0.1) is 13.7 Å². The zero-order valence-electron chi connectivity index (χ0n) is 11.8. The first-order valence-corrected chi connectivity index (χ1v) is 6.33. The summed E-state index contributed by atoms with van der Waals surface area (Å²) in [6.45, 7) is 6.38. The van der Waals surface area contributed by atoms with E-state index in [1.807, 2.05) is 32.9 Å². The van der Waals surface area contributed by atoms with E-state index in [2.05, 4.69) is 0 Å². The number of aliphatic carboxylic acids is 1. The van der Waals surface area contributed by atoms with E-state index in [1.165, 1.54) is 0 Å². The number of benzene rings is 1. The fraction of sp³-hybridized carbons (Fsp3) is 0.533. The average Bonchev–Trinajstić information content (AvgIpc) is 2.67. The number of ether oxygens (including phenoxy) is 2. The summed E-state index contributed by atoms with van der Waals surface area (Å²) in [4.78, 5) is 11.8. The SMILES string of the molecule is COc1ccc(C)cc1[C@]1(C(=O)O)CC(C)(C)CO1. The summed E-state index contributed by atoms with van der Waals surface area (Å²) in [7, 11) is 1.55. The number of hydrogen-bond acceptors (Lipinski definition) is 3. The van der Waals surface area contributed by atoms with Crippen LogP contribution in [0.2, 0.25) is 0 Å². The molecule has 0 radical (unpaired) electrons. The smallest absolute Gasteiger partial charge is 0.340 e. The van der Waals surface area contributed by atoms with Gasteiger partial charge in [-0.1, -0.05) is 25.5 Å². The number of aryl methyl sites for hydroxylation is 1. The quantitative estimate of drug-likeness (QED) is 0.912. The lowest BCUT2D eigenvalue weighted by atomic mass is 9.80. The zero-order chi connectivity index (χ0) is 14.3. The van der Waals surface area contributed by atoms with Crippen LogP contribution in [0.15, 0.2) is 18.2 Å². The maximum absolute atomic E-state index is 11.8. The lowest BCUT2D eigenvalue weighted by Gasteiger charge is -2.27. The van der Waals surface area contributed by atoms with Crippen molar-refractivity contribution in [2.24, 2.45) is 5.41 Å². The number of carbonyl (C=O) groups is 1. The molecule has 2 rings (SSSR count). The van der Waals surface area contributed by atoms with Crippen LogP contribution < -0.4 is 4.74 Å². The molecule has 4 nitrogen and oxygen atoms in total. The van der Waals surface area contributed by atoms with Crippen LogP contribution in [-0.2, 0) is 15.1 Å². The number of carboxylic acid groups (broad SMARTS) is 1. The van der Waals surface area contributed by atoms with Crippen molar-refractivity contribution in [3.8, 4) is 5.75 Å². The summed E-state index contributed by atoms with van der Waals surface area (Å²) in [6, 6.07) is 5.54. The highest BCUT2D eigenvalue weighted by atomic mass is 16.5. The molecule has 0 aliphatic carbocycles. The predicted octanol–water partition coefficient (Wildman–Crippen LogP) is 2.73. The van der Waals surface area contributed by atoms with Crippen molar-refractivity contribution in [3.63, 3.8) is 0 Å².